The molecule has 2 rings (SSSR count). The molecule has 17 heavy (non-hydrogen) atoms. The van der Waals surface area contributed by atoms with Crippen LogP contribution in [0.1, 0.15) is 34.8 Å². The topological polar surface area (TPSA) is 66.4 Å². The highest BCUT2D eigenvalue weighted by Gasteiger charge is 2.50. The van der Waals surface area contributed by atoms with E-state index in [1.807, 2.05) is 0 Å². The maximum Gasteiger partial charge on any atom is 0.345 e. The summed E-state index contributed by atoms with van der Waals surface area (Å²) in [5, 5.41) is 11.6. The van der Waals surface area contributed by atoms with E-state index < -0.39 is 5.97 Å². The van der Waals surface area contributed by atoms with Gasteiger partial charge in [0.2, 0.25) is 5.91 Å². The van der Waals surface area contributed by atoms with E-state index in [9.17, 15) is 9.59 Å². The number of thiophene rings is 1. The van der Waals surface area contributed by atoms with Crippen LogP contribution in [-0.2, 0) is 11.3 Å². The molecule has 1 aromatic heterocycles. The molecule has 0 spiro atoms. The Morgan fingerprint density at radius 1 is 1.53 bits per heavy atom. The summed E-state index contributed by atoms with van der Waals surface area (Å²) in [7, 11) is 0. The molecule has 1 aliphatic carbocycles. The van der Waals surface area contributed by atoms with Crippen molar-refractivity contribution in [3.8, 4) is 0 Å². The largest absolute Gasteiger partial charge is 0.477 e. The lowest BCUT2D eigenvalue weighted by Crippen LogP contribution is -2.25. The van der Waals surface area contributed by atoms with Crippen molar-refractivity contribution < 1.29 is 14.7 Å². The van der Waals surface area contributed by atoms with Gasteiger partial charge in [-0.05, 0) is 24.0 Å². The smallest absolute Gasteiger partial charge is 0.345 e. The Hall–Kier alpha value is -1.36. The second-order valence-electron chi connectivity index (χ2n) is 5.03. The predicted molar refractivity (Wildman–Crippen MR) is 65.0 cm³/mol. The average molecular weight is 253 g/mol. The third-order valence-electron chi connectivity index (χ3n) is 3.14. The molecule has 92 valence electrons. The second-order valence-corrected chi connectivity index (χ2v) is 6.20. The van der Waals surface area contributed by atoms with Gasteiger partial charge >= 0.3 is 5.97 Å². The standard InChI is InChI=1S/C12H15NO3S/c1-12(2)5-8(12)10(14)13-6-7-3-4-9(17-7)11(15)16/h3-4,8H,5-6H2,1-2H3,(H,13,14)(H,15,16)/t8-/m1/s1. The van der Waals surface area contributed by atoms with Gasteiger partial charge in [0.15, 0.2) is 0 Å². The van der Waals surface area contributed by atoms with Gasteiger partial charge in [-0.25, -0.2) is 4.79 Å². The second kappa shape index (κ2) is 4.14. The first kappa shape index (κ1) is 12.1. The Kier molecular flexibility index (Phi) is 2.95. The number of carbonyl (C=O) groups excluding carboxylic acids is 1. The van der Waals surface area contributed by atoms with Gasteiger partial charge in [0.25, 0.3) is 0 Å². The van der Waals surface area contributed by atoms with Crippen LogP contribution in [0.25, 0.3) is 0 Å². The number of hydrogen-bond donors (Lipinski definition) is 2. The predicted octanol–water partition coefficient (Wildman–Crippen LogP) is 2.11. The molecule has 1 aromatic rings. The number of nitrogens with one attached hydrogen (secondary N) is 1. The third kappa shape index (κ3) is 2.66. The van der Waals surface area contributed by atoms with Gasteiger partial charge in [-0.15, -0.1) is 11.3 Å². The third-order valence-corrected chi connectivity index (χ3v) is 4.21. The summed E-state index contributed by atoms with van der Waals surface area (Å²) < 4.78 is 0. The fraction of sp³-hybridized carbons (Fsp3) is 0.500. The van der Waals surface area contributed by atoms with Crippen LogP contribution in [0.4, 0.5) is 0 Å². The van der Waals surface area contributed by atoms with E-state index in [0.717, 1.165) is 11.3 Å². The average Bonchev–Trinajstić information content (AvgIpc) is 2.71. The summed E-state index contributed by atoms with van der Waals surface area (Å²) in [5.74, 6) is -0.738. The minimum absolute atomic E-state index is 0.0697. The number of carboxylic acids is 1. The summed E-state index contributed by atoms with van der Waals surface area (Å²) in [6.07, 6.45) is 0.934. The molecule has 0 bridgehead atoms. The van der Waals surface area contributed by atoms with Gasteiger partial charge < -0.3 is 10.4 Å². The van der Waals surface area contributed by atoms with Crippen LogP contribution in [0.2, 0.25) is 0 Å². The lowest BCUT2D eigenvalue weighted by Gasteiger charge is -2.04. The first-order chi connectivity index (χ1) is 7.90. The first-order valence-electron chi connectivity index (χ1n) is 5.50. The maximum atomic E-state index is 11.7. The molecule has 5 heteroatoms. The zero-order chi connectivity index (χ0) is 12.6. The fourth-order valence-corrected chi connectivity index (χ4v) is 2.59. The minimum atomic E-state index is -0.920. The van der Waals surface area contributed by atoms with Crippen LogP contribution in [-0.4, -0.2) is 17.0 Å². The van der Waals surface area contributed by atoms with Crippen LogP contribution in [0.3, 0.4) is 0 Å². The van der Waals surface area contributed by atoms with Crippen LogP contribution in [0.5, 0.6) is 0 Å². The Morgan fingerprint density at radius 3 is 2.65 bits per heavy atom. The Labute approximate surface area is 104 Å². The molecular weight excluding hydrogens is 238 g/mol. The van der Waals surface area contributed by atoms with Gasteiger partial charge in [0, 0.05) is 10.8 Å². The fourth-order valence-electron chi connectivity index (χ4n) is 1.80. The number of rotatable bonds is 4. The number of hydrogen-bond acceptors (Lipinski definition) is 3. The summed E-state index contributed by atoms with van der Waals surface area (Å²) in [6, 6.07) is 3.31. The highest BCUT2D eigenvalue weighted by molar-refractivity contribution is 7.13. The molecule has 1 fully saturated rings. The van der Waals surface area contributed by atoms with Crippen molar-refractivity contribution in [2.24, 2.45) is 11.3 Å². The molecule has 2 N–H and O–H groups in total. The number of amides is 1. The Balaban J connectivity index is 1.86. The van der Waals surface area contributed by atoms with Crippen molar-refractivity contribution in [1.82, 2.24) is 5.32 Å². The van der Waals surface area contributed by atoms with Gasteiger partial charge in [0.1, 0.15) is 4.88 Å². The van der Waals surface area contributed by atoms with E-state index in [0.29, 0.717) is 11.4 Å². The van der Waals surface area contributed by atoms with E-state index >= 15 is 0 Å². The van der Waals surface area contributed by atoms with Gasteiger partial charge in [-0.1, -0.05) is 13.8 Å². The summed E-state index contributed by atoms with van der Waals surface area (Å²) in [6.45, 7) is 4.57. The molecule has 1 aliphatic rings. The molecule has 0 aliphatic heterocycles. The van der Waals surface area contributed by atoms with Crippen molar-refractivity contribution in [3.05, 3.63) is 21.9 Å². The number of carboxylic acid groups (broad SMARTS) is 1. The highest BCUT2D eigenvalue weighted by Crippen LogP contribution is 2.51. The summed E-state index contributed by atoms with van der Waals surface area (Å²) in [4.78, 5) is 23.6. The quantitative estimate of drug-likeness (QED) is 0.863. The van der Waals surface area contributed by atoms with Gasteiger partial charge in [-0.3, -0.25) is 4.79 Å². The first-order valence-corrected chi connectivity index (χ1v) is 6.31. The Morgan fingerprint density at radius 2 is 2.18 bits per heavy atom. The minimum Gasteiger partial charge on any atom is -0.477 e. The zero-order valence-corrected chi connectivity index (χ0v) is 10.6. The SMILES string of the molecule is CC1(C)C[C@@H]1C(=O)NCc1ccc(C(=O)O)s1. The lowest BCUT2D eigenvalue weighted by molar-refractivity contribution is -0.123. The van der Waals surface area contributed by atoms with Crippen molar-refractivity contribution in [2.75, 3.05) is 0 Å². The van der Waals surface area contributed by atoms with Crippen molar-refractivity contribution in [1.29, 1.82) is 0 Å². The molecule has 1 heterocycles. The van der Waals surface area contributed by atoms with E-state index in [2.05, 4.69) is 19.2 Å². The maximum absolute atomic E-state index is 11.7. The highest BCUT2D eigenvalue weighted by atomic mass is 32.1. The van der Waals surface area contributed by atoms with Crippen LogP contribution in [0, 0.1) is 11.3 Å². The van der Waals surface area contributed by atoms with Gasteiger partial charge in [-0.2, -0.15) is 0 Å². The van der Waals surface area contributed by atoms with Crippen LogP contribution in [0.15, 0.2) is 12.1 Å². The Bertz CT molecular complexity index is 464. The van der Waals surface area contributed by atoms with E-state index in [-0.39, 0.29) is 17.2 Å². The lowest BCUT2D eigenvalue weighted by atomic mass is 10.1. The summed E-state index contributed by atoms with van der Waals surface area (Å²) >= 11 is 1.20. The van der Waals surface area contributed by atoms with Crippen molar-refractivity contribution in [3.63, 3.8) is 0 Å². The van der Waals surface area contributed by atoms with E-state index in [1.54, 1.807) is 12.1 Å². The van der Waals surface area contributed by atoms with Crippen LogP contribution >= 0.6 is 11.3 Å². The molecule has 0 unspecified atom stereocenters. The molecule has 1 saturated carbocycles. The van der Waals surface area contributed by atoms with Crippen molar-refractivity contribution >= 4 is 23.2 Å². The van der Waals surface area contributed by atoms with E-state index in [4.69, 9.17) is 5.11 Å². The summed E-state index contributed by atoms with van der Waals surface area (Å²) in [5.41, 5.74) is 0.131. The van der Waals surface area contributed by atoms with Gasteiger partial charge in [0.05, 0.1) is 6.54 Å². The molecule has 4 nitrogen and oxygen atoms in total. The zero-order valence-electron chi connectivity index (χ0n) is 9.82. The molecule has 0 aromatic carbocycles. The molecular formula is C12H15NO3S. The molecule has 0 saturated heterocycles. The number of aromatic carboxylic acids is 1. The number of carbonyl (C=O) groups is 2. The molecule has 1 amide bonds. The monoisotopic (exact) mass is 253 g/mol. The van der Waals surface area contributed by atoms with Crippen LogP contribution < -0.4 is 5.32 Å². The molecule has 0 radical (unpaired) electrons. The molecule has 1 atom stereocenters. The van der Waals surface area contributed by atoms with E-state index in [1.165, 1.54) is 11.3 Å². The normalized spacial score (nSPS) is 20.9. The van der Waals surface area contributed by atoms with Crippen molar-refractivity contribution in [2.45, 2.75) is 26.8 Å².